The van der Waals surface area contributed by atoms with Crippen LogP contribution in [0.1, 0.15) is 29.5 Å². The van der Waals surface area contributed by atoms with Crippen LogP contribution in [0.3, 0.4) is 0 Å². The van der Waals surface area contributed by atoms with E-state index in [0.29, 0.717) is 30.5 Å². The average Bonchev–Trinajstić information content (AvgIpc) is 3.73. The maximum atomic E-state index is 6.18. The Morgan fingerprint density at radius 1 is 0.667 bits per heavy atom. The largest absolute Gasteiger partial charge is 0.496 e. The molecule has 0 fully saturated rings. The van der Waals surface area contributed by atoms with Crippen molar-refractivity contribution in [3.8, 4) is 56.2 Å². The van der Waals surface area contributed by atoms with Crippen molar-refractivity contribution in [1.82, 2.24) is 10.1 Å². The standard InChI is InChI=1S/C37H36N2O5S/c1-23-12-13-27(37-38-29-10-6-7-11-36(29)45-37)20-32(23)42-16-8-9-17-43-35-19-26(14-15-31(35)40-4)34-22-30(39-44-34)28-18-24(2)25(3)33(21-28)41-5/h6-7,10-15,18-22H,8-9,16-17H2,1-5H3. The Balaban J connectivity index is 1.06. The molecule has 8 heteroatoms. The van der Waals surface area contributed by atoms with Crippen LogP contribution in [0.2, 0.25) is 0 Å². The summed E-state index contributed by atoms with van der Waals surface area (Å²) in [5.74, 6) is 3.67. The topological polar surface area (TPSA) is 75.8 Å². The van der Waals surface area contributed by atoms with E-state index < -0.39 is 0 Å². The molecule has 230 valence electrons. The molecule has 2 heterocycles. The van der Waals surface area contributed by atoms with Crippen LogP contribution in [0, 0.1) is 20.8 Å². The Hall–Kier alpha value is -4.82. The number of ether oxygens (including phenoxy) is 4. The molecule has 0 aliphatic heterocycles. The molecule has 7 nitrogen and oxygen atoms in total. The van der Waals surface area contributed by atoms with Gasteiger partial charge in [0.15, 0.2) is 17.3 Å². The van der Waals surface area contributed by atoms with Gasteiger partial charge in [0.2, 0.25) is 0 Å². The van der Waals surface area contributed by atoms with E-state index in [0.717, 1.165) is 73.9 Å². The van der Waals surface area contributed by atoms with Gasteiger partial charge < -0.3 is 23.5 Å². The molecule has 6 aromatic rings. The maximum Gasteiger partial charge on any atom is 0.167 e. The lowest BCUT2D eigenvalue weighted by molar-refractivity contribution is 0.258. The number of para-hydroxylation sites is 1. The highest BCUT2D eigenvalue weighted by Crippen LogP contribution is 2.36. The van der Waals surface area contributed by atoms with Crippen LogP contribution in [0.4, 0.5) is 0 Å². The normalized spacial score (nSPS) is 11.1. The van der Waals surface area contributed by atoms with Gasteiger partial charge in [-0.15, -0.1) is 11.3 Å². The van der Waals surface area contributed by atoms with Gasteiger partial charge in [0.25, 0.3) is 0 Å². The molecular weight excluding hydrogens is 584 g/mol. The van der Waals surface area contributed by atoms with Crippen molar-refractivity contribution in [2.75, 3.05) is 27.4 Å². The maximum absolute atomic E-state index is 6.18. The molecule has 2 aromatic heterocycles. The summed E-state index contributed by atoms with van der Waals surface area (Å²) in [6, 6.07) is 26.3. The van der Waals surface area contributed by atoms with Crippen LogP contribution in [-0.4, -0.2) is 37.6 Å². The highest BCUT2D eigenvalue weighted by atomic mass is 32.1. The number of hydrogen-bond donors (Lipinski definition) is 0. The lowest BCUT2D eigenvalue weighted by Crippen LogP contribution is -2.04. The monoisotopic (exact) mass is 620 g/mol. The number of nitrogens with zero attached hydrogens (tertiary/aromatic N) is 2. The first kappa shape index (κ1) is 30.2. The fraction of sp³-hybridized carbons (Fsp3) is 0.243. The van der Waals surface area contributed by atoms with Gasteiger partial charge >= 0.3 is 0 Å². The molecular formula is C37H36N2O5S. The summed E-state index contributed by atoms with van der Waals surface area (Å²) >= 11 is 1.70. The van der Waals surface area contributed by atoms with Crippen molar-refractivity contribution >= 4 is 21.6 Å². The van der Waals surface area contributed by atoms with E-state index in [4.69, 9.17) is 28.5 Å². The summed E-state index contributed by atoms with van der Waals surface area (Å²) < 4.78 is 30.4. The van der Waals surface area contributed by atoms with Crippen LogP contribution in [-0.2, 0) is 0 Å². The number of aryl methyl sites for hydroxylation is 2. The third-order valence-electron chi connectivity index (χ3n) is 7.88. The van der Waals surface area contributed by atoms with Gasteiger partial charge in [-0.3, -0.25) is 0 Å². The molecule has 4 aromatic carbocycles. The summed E-state index contributed by atoms with van der Waals surface area (Å²) in [6.07, 6.45) is 1.67. The highest BCUT2D eigenvalue weighted by Gasteiger charge is 2.15. The van der Waals surface area contributed by atoms with E-state index >= 15 is 0 Å². The summed E-state index contributed by atoms with van der Waals surface area (Å²) in [5.41, 5.74) is 7.97. The second-order valence-electron chi connectivity index (χ2n) is 10.9. The predicted molar refractivity (Wildman–Crippen MR) is 180 cm³/mol. The van der Waals surface area contributed by atoms with Gasteiger partial charge in [-0.25, -0.2) is 4.98 Å². The summed E-state index contributed by atoms with van der Waals surface area (Å²) in [7, 11) is 3.32. The Kier molecular flexibility index (Phi) is 9.03. The zero-order chi connectivity index (χ0) is 31.3. The third-order valence-corrected chi connectivity index (χ3v) is 8.96. The van der Waals surface area contributed by atoms with Crippen LogP contribution >= 0.6 is 11.3 Å². The first-order valence-corrected chi connectivity index (χ1v) is 15.8. The first-order chi connectivity index (χ1) is 21.9. The number of thiazole rings is 1. The SMILES string of the molecule is COc1ccc(-c2cc(-c3cc(C)c(C)c(OC)c3)no2)cc1OCCCCOc1cc(-c2nc3ccccc3s2)ccc1C. The Morgan fingerprint density at radius 3 is 2.16 bits per heavy atom. The number of unbranched alkanes of at least 4 members (excludes halogenated alkanes) is 1. The zero-order valence-electron chi connectivity index (χ0n) is 26.2. The van der Waals surface area contributed by atoms with E-state index in [1.54, 1.807) is 25.6 Å². The minimum absolute atomic E-state index is 0.526. The van der Waals surface area contributed by atoms with Gasteiger partial charge in [-0.05, 0) is 98.8 Å². The van der Waals surface area contributed by atoms with Crippen LogP contribution in [0.25, 0.3) is 43.4 Å². The Morgan fingerprint density at radius 2 is 1.38 bits per heavy atom. The number of rotatable bonds is 12. The van der Waals surface area contributed by atoms with E-state index in [-0.39, 0.29) is 0 Å². The number of benzene rings is 4. The molecule has 0 radical (unpaired) electrons. The third kappa shape index (κ3) is 6.66. The molecule has 0 amide bonds. The highest BCUT2D eigenvalue weighted by molar-refractivity contribution is 7.21. The van der Waals surface area contributed by atoms with E-state index in [1.807, 2.05) is 55.5 Å². The number of methoxy groups -OCH3 is 2. The molecule has 0 saturated carbocycles. The summed E-state index contributed by atoms with van der Waals surface area (Å²) in [4.78, 5) is 4.79. The molecule has 0 spiro atoms. The number of fused-ring (bicyclic) bond motifs is 1. The van der Waals surface area contributed by atoms with Crippen molar-refractivity contribution in [1.29, 1.82) is 0 Å². The quantitative estimate of drug-likeness (QED) is 0.126. The zero-order valence-corrected chi connectivity index (χ0v) is 27.0. The number of hydrogen-bond acceptors (Lipinski definition) is 8. The average molecular weight is 621 g/mol. The molecule has 0 aliphatic carbocycles. The Labute approximate surface area is 267 Å². The fourth-order valence-electron chi connectivity index (χ4n) is 5.13. The van der Waals surface area contributed by atoms with Gasteiger partial charge in [0, 0.05) is 22.8 Å². The fourth-order valence-corrected chi connectivity index (χ4v) is 6.09. The van der Waals surface area contributed by atoms with Crippen LogP contribution in [0.5, 0.6) is 23.0 Å². The van der Waals surface area contributed by atoms with Crippen LogP contribution in [0.15, 0.2) is 83.4 Å². The smallest absolute Gasteiger partial charge is 0.167 e. The molecule has 0 aliphatic rings. The summed E-state index contributed by atoms with van der Waals surface area (Å²) in [6.45, 7) is 7.29. The molecule has 0 N–H and O–H groups in total. The second kappa shape index (κ2) is 13.4. The molecule has 6 rings (SSSR count). The van der Waals surface area contributed by atoms with Crippen molar-refractivity contribution in [2.24, 2.45) is 0 Å². The van der Waals surface area contributed by atoms with Crippen molar-refractivity contribution < 1.29 is 23.5 Å². The second-order valence-corrected chi connectivity index (χ2v) is 12.0. The summed E-state index contributed by atoms with van der Waals surface area (Å²) in [5, 5.41) is 5.32. The van der Waals surface area contributed by atoms with Crippen LogP contribution < -0.4 is 18.9 Å². The van der Waals surface area contributed by atoms with Gasteiger partial charge in [-0.1, -0.05) is 29.4 Å². The molecule has 0 bridgehead atoms. The lowest BCUT2D eigenvalue weighted by Gasteiger charge is -2.13. The molecule has 45 heavy (non-hydrogen) atoms. The molecule has 0 unspecified atom stereocenters. The van der Waals surface area contributed by atoms with E-state index in [9.17, 15) is 0 Å². The predicted octanol–water partition coefficient (Wildman–Crippen LogP) is 9.47. The minimum Gasteiger partial charge on any atom is -0.496 e. The van der Waals surface area contributed by atoms with E-state index in [1.165, 1.54) is 4.70 Å². The van der Waals surface area contributed by atoms with Crippen molar-refractivity contribution in [3.63, 3.8) is 0 Å². The minimum atomic E-state index is 0.526. The van der Waals surface area contributed by atoms with Gasteiger partial charge in [0.05, 0.1) is 37.6 Å². The first-order valence-electron chi connectivity index (χ1n) is 15.0. The van der Waals surface area contributed by atoms with Crippen molar-refractivity contribution in [3.05, 3.63) is 95.6 Å². The van der Waals surface area contributed by atoms with Gasteiger partial charge in [-0.2, -0.15) is 0 Å². The number of aromatic nitrogens is 2. The van der Waals surface area contributed by atoms with Gasteiger partial charge in [0.1, 0.15) is 22.2 Å². The molecule has 0 saturated heterocycles. The van der Waals surface area contributed by atoms with Crippen molar-refractivity contribution in [2.45, 2.75) is 33.6 Å². The molecule has 0 atom stereocenters. The lowest BCUT2D eigenvalue weighted by atomic mass is 10.0. The Bertz CT molecular complexity index is 1910. The van der Waals surface area contributed by atoms with E-state index in [2.05, 4.69) is 49.3 Å².